The number of aliphatic carboxylic acids is 1. The normalized spacial score (nSPS) is 11.9. The molecule has 1 aromatic heterocycles. The van der Waals surface area contributed by atoms with Crippen LogP contribution in [0.2, 0.25) is 0 Å². The number of amides is 1. The van der Waals surface area contributed by atoms with E-state index in [1.165, 1.54) is 18.2 Å². The Balaban J connectivity index is 1.90. The zero-order chi connectivity index (χ0) is 17.1. The van der Waals surface area contributed by atoms with Crippen LogP contribution in [-0.4, -0.2) is 22.0 Å². The average Bonchev–Trinajstić information content (AvgIpc) is 2.59. The van der Waals surface area contributed by atoms with E-state index >= 15 is 0 Å². The summed E-state index contributed by atoms with van der Waals surface area (Å²) in [6.07, 6.45) is 1.64. The van der Waals surface area contributed by atoms with Gasteiger partial charge in [0.15, 0.2) is 6.04 Å². The van der Waals surface area contributed by atoms with Crippen LogP contribution in [0.1, 0.15) is 22.0 Å². The molecule has 0 fully saturated rings. The number of carboxylic acid groups (broad SMARTS) is 1. The lowest BCUT2D eigenvalue weighted by atomic mass is 10.0. The van der Waals surface area contributed by atoms with Gasteiger partial charge in [0, 0.05) is 22.7 Å². The monoisotopic (exact) mass is 324 g/mol. The summed E-state index contributed by atoms with van der Waals surface area (Å²) in [4.78, 5) is 28.0. The summed E-state index contributed by atoms with van der Waals surface area (Å²) in [7, 11) is 0. The number of nitrogens with zero attached hydrogens (tertiary/aromatic N) is 1. The first kappa shape index (κ1) is 15.6. The van der Waals surface area contributed by atoms with E-state index in [2.05, 4.69) is 10.3 Å². The van der Waals surface area contributed by atoms with E-state index in [4.69, 9.17) is 0 Å². The number of rotatable bonds is 4. The van der Waals surface area contributed by atoms with Gasteiger partial charge in [-0.05, 0) is 30.3 Å². The molecule has 0 bridgehead atoms. The number of hydrogen-bond acceptors (Lipinski definition) is 3. The zero-order valence-electron chi connectivity index (χ0n) is 12.4. The lowest BCUT2D eigenvalue weighted by Gasteiger charge is -2.15. The second-order valence-electron chi connectivity index (χ2n) is 5.18. The Bertz CT molecular complexity index is 927. The van der Waals surface area contributed by atoms with Gasteiger partial charge < -0.3 is 10.4 Å². The highest BCUT2D eigenvalue weighted by atomic mass is 19.1. The molecule has 3 rings (SSSR count). The Labute approximate surface area is 136 Å². The number of pyridine rings is 1. The molecule has 24 heavy (non-hydrogen) atoms. The van der Waals surface area contributed by atoms with E-state index in [9.17, 15) is 19.1 Å². The number of carbonyl (C=O) groups excluding carboxylic acids is 1. The average molecular weight is 324 g/mol. The summed E-state index contributed by atoms with van der Waals surface area (Å²) < 4.78 is 13.8. The van der Waals surface area contributed by atoms with E-state index in [0.29, 0.717) is 0 Å². The summed E-state index contributed by atoms with van der Waals surface area (Å²) in [6, 6.07) is 12.3. The quantitative estimate of drug-likeness (QED) is 0.773. The summed E-state index contributed by atoms with van der Waals surface area (Å²) in [5, 5.41) is 12.4. The maximum atomic E-state index is 13.8. The van der Waals surface area contributed by atoms with Crippen LogP contribution in [0.3, 0.4) is 0 Å². The maximum absolute atomic E-state index is 13.8. The molecule has 0 aliphatic heterocycles. The van der Waals surface area contributed by atoms with Crippen molar-refractivity contribution in [2.75, 3.05) is 0 Å². The highest BCUT2D eigenvalue weighted by Crippen LogP contribution is 2.19. The summed E-state index contributed by atoms with van der Waals surface area (Å²) in [5.74, 6) is -2.62. The first-order valence-electron chi connectivity index (χ1n) is 7.19. The first-order valence-corrected chi connectivity index (χ1v) is 7.19. The number of fused-ring (bicyclic) bond motifs is 1. The lowest BCUT2D eigenvalue weighted by Crippen LogP contribution is -2.34. The molecule has 0 saturated carbocycles. The zero-order valence-corrected chi connectivity index (χ0v) is 12.4. The largest absolute Gasteiger partial charge is 0.479 e. The molecule has 0 spiro atoms. The molecule has 2 aromatic carbocycles. The van der Waals surface area contributed by atoms with Gasteiger partial charge in [-0.2, -0.15) is 0 Å². The summed E-state index contributed by atoms with van der Waals surface area (Å²) in [5.41, 5.74) is 0.900. The molecule has 1 amide bonds. The van der Waals surface area contributed by atoms with Gasteiger partial charge in [-0.1, -0.05) is 24.3 Å². The fraction of sp³-hybridized carbons (Fsp3) is 0.0556. The van der Waals surface area contributed by atoms with Crippen molar-refractivity contribution < 1.29 is 19.1 Å². The van der Waals surface area contributed by atoms with E-state index in [0.717, 1.165) is 17.0 Å². The van der Waals surface area contributed by atoms with Crippen LogP contribution in [0, 0.1) is 5.82 Å². The number of aromatic nitrogens is 1. The van der Waals surface area contributed by atoms with Crippen molar-refractivity contribution in [3.63, 3.8) is 0 Å². The number of nitrogens with one attached hydrogen (secondary N) is 1. The SMILES string of the molecule is O=C(N[C@H](C(=O)O)c1ccccc1F)c1ccc2ncccc2c1. The third-order valence-corrected chi connectivity index (χ3v) is 3.60. The van der Waals surface area contributed by atoms with Crippen molar-refractivity contribution in [3.8, 4) is 0 Å². The molecule has 5 nitrogen and oxygen atoms in total. The second-order valence-corrected chi connectivity index (χ2v) is 5.18. The predicted molar refractivity (Wildman–Crippen MR) is 86.0 cm³/mol. The first-order chi connectivity index (χ1) is 11.6. The molecule has 0 saturated heterocycles. The summed E-state index contributed by atoms with van der Waals surface area (Å²) in [6.45, 7) is 0. The Morgan fingerprint density at radius 2 is 1.88 bits per heavy atom. The lowest BCUT2D eigenvalue weighted by molar-refractivity contribution is -0.139. The van der Waals surface area contributed by atoms with Gasteiger partial charge in [-0.25, -0.2) is 9.18 Å². The van der Waals surface area contributed by atoms with Gasteiger partial charge in [0.25, 0.3) is 5.91 Å². The fourth-order valence-corrected chi connectivity index (χ4v) is 2.41. The van der Waals surface area contributed by atoms with E-state index in [1.807, 2.05) is 0 Å². The van der Waals surface area contributed by atoms with Crippen molar-refractivity contribution in [1.29, 1.82) is 0 Å². The number of halogens is 1. The van der Waals surface area contributed by atoms with Gasteiger partial charge in [-0.15, -0.1) is 0 Å². The van der Waals surface area contributed by atoms with Crippen LogP contribution in [0.4, 0.5) is 4.39 Å². The minimum absolute atomic E-state index is 0.0965. The molecule has 0 radical (unpaired) electrons. The molecule has 2 N–H and O–H groups in total. The smallest absolute Gasteiger partial charge is 0.331 e. The molecular formula is C18H13FN2O3. The molecular weight excluding hydrogens is 311 g/mol. The molecule has 1 heterocycles. The van der Waals surface area contributed by atoms with Crippen molar-refractivity contribution in [2.45, 2.75) is 6.04 Å². The minimum Gasteiger partial charge on any atom is -0.479 e. The topological polar surface area (TPSA) is 79.3 Å². The van der Waals surface area contributed by atoms with Crippen LogP contribution in [0.15, 0.2) is 60.8 Å². The fourth-order valence-electron chi connectivity index (χ4n) is 2.41. The molecule has 0 aliphatic rings. The van der Waals surface area contributed by atoms with Crippen molar-refractivity contribution in [1.82, 2.24) is 10.3 Å². The van der Waals surface area contributed by atoms with Crippen molar-refractivity contribution in [3.05, 3.63) is 77.7 Å². The second kappa shape index (κ2) is 6.45. The predicted octanol–water partition coefficient (Wildman–Crippen LogP) is 2.93. The highest BCUT2D eigenvalue weighted by molar-refractivity contribution is 5.99. The number of benzene rings is 2. The molecule has 120 valence electrons. The van der Waals surface area contributed by atoms with Crippen molar-refractivity contribution in [2.24, 2.45) is 0 Å². The molecule has 1 atom stereocenters. The molecule has 0 unspecified atom stereocenters. The minimum atomic E-state index is -1.47. The van der Waals surface area contributed by atoms with E-state index in [-0.39, 0.29) is 11.1 Å². The number of hydrogen-bond donors (Lipinski definition) is 2. The third-order valence-electron chi connectivity index (χ3n) is 3.60. The van der Waals surface area contributed by atoms with Gasteiger partial charge in [-0.3, -0.25) is 9.78 Å². The van der Waals surface area contributed by atoms with E-state index in [1.54, 1.807) is 36.5 Å². The van der Waals surface area contributed by atoms with Crippen molar-refractivity contribution >= 4 is 22.8 Å². The number of carboxylic acids is 1. The number of carbonyl (C=O) groups is 2. The summed E-state index contributed by atoms with van der Waals surface area (Å²) >= 11 is 0. The van der Waals surface area contributed by atoms with Gasteiger partial charge in [0.05, 0.1) is 5.52 Å². The van der Waals surface area contributed by atoms with Gasteiger partial charge >= 0.3 is 5.97 Å². The molecule has 0 aliphatic carbocycles. The highest BCUT2D eigenvalue weighted by Gasteiger charge is 2.25. The van der Waals surface area contributed by atoms with Crippen LogP contribution >= 0.6 is 0 Å². The van der Waals surface area contributed by atoms with Crippen LogP contribution in [0.25, 0.3) is 10.9 Å². The van der Waals surface area contributed by atoms with Crippen LogP contribution < -0.4 is 5.32 Å². The van der Waals surface area contributed by atoms with Gasteiger partial charge in [0.1, 0.15) is 5.82 Å². The maximum Gasteiger partial charge on any atom is 0.331 e. The molecule has 3 aromatic rings. The van der Waals surface area contributed by atoms with Gasteiger partial charge in [0.2, 0.25) is 0 Å². The third kappa shape index (κ3) is 3.08. The Morgan fingerprint density at radius 1 is 1.08 bits per heavy atom. The Morgan fingerprint density at radius 3 is 2.62 bits per heavy atom. The van der Waals surface area contributed by atoms with E-state index < -0.39 is 23.7 Å². The standard InChI is InChI=1S/C18H13FN2O3/c19-14-6-2-1-5-13(14)16(18(23)24)21-17(22)12-7-8-15-11(10-12)4-3-9-20-15/h1-10,16H,(H,21,22)(H,23,24)/t16-/m0/s1. The van der Waals surface area contributed by atoms with Crippen LogP contribution in [0.5, 0.6) is 0 Å². The molecule has 6 heteroatoms. The Kier molecular flexibility index (Phi) is 4.20. The Hall–Kier alpha value is -3.28. The van der Waals surface area contributed by atoms with Crippen LogP contribution in [-0.2, 0) is 4.79 Å².